The van der Waals surface area contributed by atoms with Crippen molar-refractivity contribution in [3.05, 3.63) is 59.7 Å². The van der Waals surface area contributed by atoms with Gasteiger partial charge in [0.15, 0.2) is 0 Å². The second kappa shape index (κ2) is 16.6. The normalized spacial score (nSPS) is 13.1. The van der Waals surface area contributed by atoms with Crippen molar-refractivity contribution in [1.29, 1.82) is 0 Å². The Labute approximate surface area is 199 Å². The number of rotatable bonds is 18. The molecule has 2 rings (SSSR count). The first-order valence-corrected chi connectivity index (χ1v) is 12.3. The molecule has 2 aromatic rings. The fourth-order valence-corrected chi connectivity index (χ4v) is 3.99. The Morgan fingerprint density at radius 2 is 1.15 bits per heavy atom. The molecule has 0 fully saturated rings. The molecule has 0 radical (unpaired) electrons. The zero-order chi connectivity index (χ0) is 23.7. The van der Waals surface area contributed by atoms with Gasteiger partial charge in [-0.15, -0.1) is 0 Å². The molecular weight excluding hydrogens is 412 g/mol. The Morgan fingerprint density at radius 3 is 1.61 bits per heavy atom. The Hall–Kier alpha value is -2.00. The van der Waals surface area contributed by atoms with E-state index in [0.29, 0.717) is 38.3 Å². The molecule has 0 aliphatic heterocycles. The predicted molar refractivity (Wildman–Crippen MR) is 139 cm³/mol. The maximum atomic E-state index is 6.22. The van der Waals surface area contributed by atoms with Crippen LogP contribution in [0.1, 0.15) is 36.8 Å². The summed E-state index contributed by atoms with van der Waals surface area (Å²) in [5.74, 6) is 1.69. The van der Waals surface area contributed by atoms with Crippen molar-refractivity contribution in [1.82, 2.24) is 10.6 Å². The van der Waals surface area contributed by atoms with Crippen LogP contribution in [0.25, 0.3) is 0 Å². The third-order valence-electron chi connectivity index (χ3n) is 5.63. The average molecular weight is 457 g/mol. The van der Waals surface area contributed by atoms with Gasteiger partial charge in [-0.25, -0.2) is 0 Å². The van der Waals surface area contributed by atoms with Crippen molar-refractivity contribution in [2.75, 3.05) is 39.3 Å². The van der Waals surface area contributed by atoms with Gasteiger partial charge in [0.2, 0.25) is 0 Å². The summed E-state index contributed by atoms with van der Waals surface area (Å²) in [5.41, 5.74) is 25.6. The van der Waals surface area contributed by atoms with Crippen molar-refractivity contribution in [3.63, 3.8) is 0 Å². The molecule has 2 atom stereocenters. The first kappa shape index (κ1) is 27.2. The molecule has 7 nitrogen and oxygen atoms in total. The third-order valence-corrected chi connectivity index (χ3v) is 5.63. The molecule has 0 bridgehead atoms. The first-order chi connectivity index (χ1) is 16.2. The van der Waals surface area contributed by atoms with Crippen molar-refractivity contribution >= 4 is 0 Å². The lowest BCUT2D eigenvalue weighted by molar-refractivity contribution is 0.464. The minimum Gasteiger partial charge on any atom is -0.457 e. The molecule has 7 heteroatoms. The molecule has 0 saturated carbocycles. The van der Waals surface area contributed by atoms with Gasteiger partial charge in [-0.05, 0) is 113 Å². The summed E-state index contributed by atoms with van der Waals surface area (Å²) >= 11 is 0. The lowest BCUT2D eigenvalue weighted by atomic mass is 9.96. The molecule has 0 spiro atoms. The summed E-state index contributed by atoms with van der Waals surface area (Å²) < 4.78 is 6.22. The fourth-order valence-electron chi connectivity index (χ4n) is 3.99. The van der Waals surface area contributed by atoms with Crippen molar-refractivity contribution < 1.29 is 4.74 Å². The van der Waals surface area contributed by atoms with E-state index in [9.17, 15) is 0 Å². The monoisotopic (exact) mass is 456 g/mol. The van der Waals surface area contributed by atoms with Crippen LogP contribution in [0.3, 0.4) is 0 Å². The predicted octanol–water partition coefficient (Wildman–Crippen LogP) is 1.88. The van der Waals surface area contributed by atoms with Crippen LogP contribution in [-0.4, -0.2) is 51.4 Å². The summed E-state index contributed by atoms with van der Waals surface area (Å²) in [6.07, 6.45) is 5.53. The maximum absolute atomic E-state index is 6.22. The molecule has 2 unspecified atom stereocenters. The number of hydrogen-bond donors (Lipinski definition) is 6. The lowest BCUT2D eigenvalue weighted by Gasteiger charge is -2.21. The molecule has 10 N–H and O–H groups in total. The highest BCUT2D eigenvalue weighted by atomic mass is 16.5. The molecule has 0 aliphatic rings. The highest BCUT2D eigenvalue weighted by Crippen LogP contribution is 2.26. The Bertz CT molecular complexity index is 717. The van der Waals surface area contributed by atoms with E-state index in [1.807, 2.05) is 30.3 Å². The molecule has 184 valence electrons. The summed E-state index contributed by atoms with van der Waals surface area (Å²) in [4.78, 5) is 0. The topological polar surface area (TPSA) is 137 Å². The number of nitrogens with one attached hydrogen (secondary N) is 2. The average Bonchev–Trinajstić information content (AvgIpc) is 2.80. The van der Waals surface area contributed by atoms with Gasteiger partial charge < -0.3 is 38.3 Å². The molecule has 0 aliphatic carbocycles. The van der Waals surface area contributed by atoms with E-state index in [1.54, 1.807) is 0 Å². The van der Waals surface area contributed by atoms with Gasteiger partial charge in [0.25, 0.3) is 0 Å². The fraction of sp³-hybridized carbons (Fsp3) is 0.538. The van der Waals surface area contributed by atoms with Gasteiger partial charge in [0.05, 0.1) is 0 Å². The van der Waals surface area contributed by atoms with Crippen LogP contribution in [0, 0.1) is 0 Å². The van der Waals surface area contributed by atoms with E-state index in [-0.39, 0.29) is 0 Å². The first-order valence-electron chi connectivity index (χ1n) is 12.3. The summed E-state index contributed by atoms with van der Waals surface area (Å²) in [7, 11) is 0. The number of nitrogens with two attached hydrogens (primary N) is 4. The highest BCUT2D eigenvalue weighted by molar-refractivity contribution is 5.38. The second-order valence-corrected chi connectivity index (χ2v) is 8.55. The maximum Gasteiger partial charge on any atom is 0.127 e. The van der Waals surface area contributed by atoms with Crippen LogP contribution < -0.4 is 38.3 Å². The quantitative estimate of drug-likeness (QED) is 0.188. The van der Waals surface area contributed by atoms with Gasteiger partial charge in [-0.3, -0.25) is 0 Å². The third kappa shape index (κ3) is 11.1. The van der Waals surface area contributed by atoms with Gasteiger partial charge >= 0.3 is 0 Å². The minimum absolute atomic E-state index is 0.309. The van der Waals surface area contributed by atoms with E-state index < -0.39 is 0 Å². The van der Waals surface area contributed by atoms with Gasteiger partial charge in [-0.1, -0.05) is 24.3 Å². The van der Waals surface area contributed by atoms with E-state index >= 15 is 0 Å². The van der Waals surface area contributed by atoms with Crippen LogP contribution in [0.5, 0.6) is 11.5 Å². The van der Waals surface area contributed by atoms with E-state index in [1.165, 1.54) is 11.1 Å². The zero-order valence-corrected chi connectivity index (χ0v) is 20.0. The Morgan fingerprint density at radius 1 is 0.636 bits per heavy atom. The highest BCUT2D eigenvalue weighted by Gasteiger charge is 2.14. The molecule has 33 heavy (non-hydrogen) atoms. The standard InChI is InChI=1S/C26H44N6O/c27-10-4-14-31-23(8-12-29)17-21-16-22(18-24(9-13-30)32-15-5-11-28)20-26(19-21)33-25-6-2-1-3-7-25/h1-3,6-7,16,19-20,23-24,31-32H,4-5,8-15,17-18,27-30H2. The van der Waals surface area contributed by atoms with Gasteiger partial charge in [0.1, 0.15) is 11.5 Å². The molecule has 0 amide bonds. The molecular formula is C26H44N6O. The summed E-state index contributed by atoms with van der Waals surface area (Å²) in [6.45, 7) is 4.48. The van der Waals surface area contributed by atoms with Crippen LogP contribution in [0.4, 0.5) is 0 Å². The van der Waals surface area contributed by atoms with E-state index in [0.717, 1.165) is 63.1 Å². The van der Waals surface area contributed by atoms with Gasteiger partial charge in [-0.2, -0.15) is 0 Å². The number of benzene rings is 2. The van der Waals surface area contributed by atoms with Crippen molar-refractivity contribution in [2.24, 2.45) is 22.9 Å². The smallest absolute Gasteiger partial charge is 0.127 e. The molecule has 0 saturated heterocycles. The molecule has 0 aromatic heterocycles. The van der Waals surface area contributed by atoms with Crippen LogP contribution in [-0.2, 0) is 12.8 Å². The number of para-hydroxylation sites is 1. The number of ether oxygens (including phenoxy) is 1. The van der Waals surface area contributed by atoms with Crippen molar-refractivity contribution in [2.45, 2.75) is 50.6 Å². The summed E-state index contributed by atoms with van der Waals surface area (Å²) in [6, 6.07) is 17.1. The zero-order valence-electron chi connectivity index (χ0n) is 20.0. The van der Waals surface area contributed by atoms with Crippen LogP contribution >= 0.6 is 0 Å². The largest absolute Gasteiger partial charge is 0.457 e. The van der Waals surface area contributed by atoms with Crippen molar-refractivity contribution in [3.8, 4) is 11.5 Å². The molecule has 0 heterocycles. The molecule has 2 aromatic carbocycles. The van der Waals surface area contributed by atoms with E-state index in [4.69, 9.17) is 27.7 Å². The second-order valence-electron chi connectivity index (χ2n) is 8.55. The number of hydrogen-bond acceptors (Lipinski definition) is 7. The lowest BCUT2D eigenvalue weighted by Crippen LogP contribution is -2.35. The van der Waals surface area contributed by atoms with Crippen LogP contribution in [0.2, 0.25) is 0 Å². The summed E-state index contributed by atoms with van der Waals surface area (Å²) in [5, 5.41) is 7.23. The van der Waals surface area contributed by atoms with Gasteiger partial charge in [0, 0.05) is 12.1 Å². The van der Waals surface area contributed by atoms with E-state index in [2.05, 4.69) is 28.8 Å². The Kier molecular flexibility index (Phi) is 13.7. The van der Waals surface area contributed by atoms with Crippen LogP contribution in [0.15, 0.2) is 48.5 Å². The SMILES string of the molecule is NCCCNC(CCN)Cc1cc(CC(CCN)NCCCN)cc(Oc2ccccc2)c1. The Balaban J connectivity index is 2.22. The minimum atomic E-state index is 0.309.